The van der Waals surface area contributed by atoms with Crippen molar-refractivity contribution in [2.45, 2.75) is 20.1 Å². The Hall–Kier alpha value is -0.990. The highest BCUT2D eigenvalue weighted by Crippen LogP contribution is 2.12. The Kier molecular flexibility index (Phi) is 6.34. The normalized spacial score (nSPS) is 17.7. The second-order valence-corrected chi connectivity index (χ2v) is 7.19. The Morgan fingerprint density at radius 3 is 2.41 bits per heavy atom. The number of hydrogen-bond donors (Lipinski definition) is 1. The van der Waals surface area contributed by atoms with E-state index in [1.807, 2.05) is 38.2 Å². The highest BCUT2D eigenvalue weighted by atomic mass is 32.2. The first-order chi connectivity index (χ1) is 10.5. The molecule has 1 aliphatic heterocycles. The molecule has 0 aliphatic carbocycles. The van der Waals surface area contributed by atoms with Crippen LogP contribution in [0.2, 0.25) is 0 Å². The van der Waals surface area contributed by atoms with Gasteiger partial charge in [-0.1, -0.05) is 24.3 Å². The summed E-state index contributed by atoms with van der Waals surface area (Å²) in [6.07, 6.45) is 0. The number of likely N-dealkylation sites (N-methyl/N-ethyl adjacent to an activating group) is 1. The van der Waals surface area contributed by atoms with Crippen LogP contribution in [0.3, 0.4) is 0 Å². The molecule has 1 N–H and O–H groups in total. The van der Waals surface area contributed by atoms with Crippen molar-refractivity contribution < 1.29 is 13.2 Å². The monoisotopic (exact) mass is 327 g/mol. The van der Waals surface area contributed by atoms with Gasteiger partial charge < -0.3 is 9.64 Å². The molecular formula is C15H25N3O3S. The SMILES string of the molecule is CCOCc1ccccc1CNS(=O)(=O)N1CCN(C)CC1. The van der Waals surface area contributed by atoms with Gasteiger partial charge >= 0.3 is 0 Å². The number of ether oxygens (including phenoxy) is 1. The maximum Gasteiger partial charge on any atom is 0.279 e. The van der Waals surface area contributed by atoms with Gasteiger partial charge in [-0.05, 0) is 25.1 Å². The predicted octanol–water partition coefficient (Wildman–Crippen LogP) is 0.805. The van der Waals surface area contributed by atoms with Crippen molar-refractivity contribution in [3.63, 3.8) is 0 Å². The summed E-state index contributed by atoms with van der Waals surface area (Å²) >= 11 is 0. The van der Waals surface area contributed by atoms with Gasteiger partial charge in [-0.3, -0.25) is 0 Å². The minimum atomic E-state index is -3.43. The summed E-state index contributed by atoms with van der Waals surface area (Å²) in [6, 6.07) is 7.75. The van der Waals surface area contributed by atoms with Crippen molar-refractivity contribution >= 4 is 10.2 Å². The second-order valence-electron chi connectivity index (χ2n) is 5.43. The highest BCUT2D eigenvalue weighted by Gasteiger charge is 2.25. The van der Waals surface area contributed by atoms with Crippen LogP contribution >= 0.6 is 0 Å². The summed E-state index contributed by atoms with van der Waals surface area (Å²) in [5.74, 6) is 0. The largest absolute Gasteiger partial charge is 0.377 e. The minimum absolute atomic E-state index is 0.290. The zero-order chi connectivity index (χ0) is 16.0. The van der Waals surface area contributed by atoms with E-state index in [9.17, 15) is 8.42 Å². The van der Waals surface area contributed by atoms with Crippen molar-refractivity contribution in [3.05, 3.63) is 35.4 Å². The van der Waals surface area contributed by atoms with Crippen LogP contribution in [-0.2, 0) is 28.1 Å². The van der Waals surface area contributed by atoms with Crippen molar-refractivity contribution in [2.24, 2.45) is 0 Å². The van der Waals surface area contributed by atoms with Gasteiger partial charge in [0, 0.05) is 39.3 Å². The number of rotatable bonds is 7. The van der Waals surface area contributed by atoms with Crippen molar-refractivity contribution in [3.8, 4) is 0 Å². The number of nitrogens with one attached hydrogen (secondary N) is 1. The molecule has 0 spiro atoms. The molecule has 0 unspecified atom stereocenters. The van der Waals surface area contributed by atoms with Gasteiger partial charge in [-0.15, -0.1) is 0 Å². The van der Waals surface area contributed by atoms with E-state index in [0.29, 0.717) is 26.3 Å². The molecule has 1 fully saturated rings. The van der Waals surface area contributed by atoms with Gasteiger partial charge in [0.25, 0.3) is 10.2 Å². The topological polar surface area (TPSA) is 61.9 Å². The van der Waals surface area contributed by atoms with E-state index < -0.39 is 10.2 Å². The first-order valence-electron chi connectivity index (χ1n) is 7.60. The molecule has 1 aromatic rings. The van der Waals surface area contributed by atoms with E-state index in [1.165, 1.54) is 4.31 Å². The summed E-state index contributed by atoms with van der Waals surface area (Å²) in [6.45, 7) is 5.98. The van der Waals surface area contributed by atoms with Gasteiger partial charge in [0.15, 0.2) is 0 Å². The number of piperazine rings is 1. The molecule has 0 bridgehead atoms. The fourth-order valence-corrected chi connectivity index (χ4v) is 3.54. The number of benzene rings is 1. The van der Waals surface area contributed by atoms with Crippen LogP contribution in [0.25, 0.3) is 0 Å². The average molecular weight is 327 g/mol. The quantitative estimate of drug-likeness (QED) is 0.805. The van der Waals surface area contributed by atoms with E-state index in [0.717, 1.165) is 24.2 Å². The summed E-state index contributed by atoms with van der Waals surface area (Å²) in [5.41, 5.74) is 1.97. The van der Waals surface area contributed by atoms with Crippen LogP contribution in [0.1, 0.15) is 18.1 Å². The molecule has 22 heavy (non-hydrogen) atoms. The lowest BCUT2D eigenvalue weighted by molar-refractivity contribution is 0.133. The summed E-state index contributed by atoms with van der Waals surface area (Å²) in [7, 11) is -1.43. The molecule has 6 nitrogen and oxygen atoms in total. The van der Waals surface area contributed by atoms with E-state index in [1.54, 1.807) is 0 Å². The Balaban J connectivity index is 1.97. The van der Waals surface area contributed by atoms with Crippen LogP contribution in [0, 0.1) is 0 Å². The van der Waals surface area contributed by atoms with Gasteiger partial charge in [-0.25, -0.2) is 0 Å². The molecule has 124 valence electrons. The third-order valence-corrected chi connectivity index (χ3v) is 5.38. The van der Waals surface area contributed by atoms with E-state index in [2.05, 4.69) is 9.62 Å². The van der Waals surface area contributed by atoms with Crippen LogP contribution in [0.4, 0.5) is 0 Å². The Bertz CT molecular complexity index is 569. The van der Waals surface area contributed by atoms with Crippen LogP contribution in [-0.4, -0.2) is 57.5 Å². The van der Waals surface area contributed by atoms with Crippen LogP contribution < -0.4 is 4.72 Å². The highest BCUT2D eigenvalue weighted by molar-refractivity contribution is 7.87. The Labute approximate surface area is 133 Å². The lowest BCUT2D eigenvalue weighted by Gasteiger charge is -2.31. The van der Waals surface area contributed by atoms with Gasteiger partial charge in [0.2, 0.25) is 0 Å². The maximum atomic E-state index is 12.4. The van der Waals surface area contributed by atoms with E-state index >= 15 is 0 Å². The van der Waals surface area contributed by atoms with Gasteiger partial charge in [0.1, 0.15) is 0 Å². The maximum absolute atomic E-state index is 12.4. The molecule has 7 heteroatoms. The average Bonchev–Trinajstić information content (AvgIpc) is 2.52. The molecular weight excluding hydrogens is 302 g/mol. The molecule has 1 aromatic carbocycles. The summed E-state index contributed by atoms with van der Waals surface area (Å²) in [5, 5.41) is 0. The fourth-order valence-electron chi connectivity index (χ4n) is 2.37. The van der Waals surface area contributed by atoms with Crippen molar-refractivity contribution in [1.82, 2.24) is 13.9 Å². The van der Waals surface area contributed by atoms with Crippen molar-refractivity contribution in [2.75, 3.05) is 39.8 Å². The summed E-state index contributed by atoms with van der Waals surface area (Å²) < 4.78 is 34.4. The first kappa shape index (κ1) is 17.4. The van der Waals surface area contributed by atoms with Crippen molar-refractivity contribution in [1.29, 1.82) is 0 Å². The Morgan fingerprint density at radius 1 is 1.14 bits per heavy atom. The second kappa shape index (κ2) is 8.03. The molecule has 0 aromatic heterocycles. The standard InChI is InChI=1S/C15H25N3O3S/c1-3-21-13-15-7-5-4-6-14(15)12-16-22(19,20)18-10-8-17(2)9-11-18/h4-7,16H,3,8-13H2,1-2H3. The third-order valence-electron chi connectivity index (χ3n) is 3.83. The lowest BCUT2D eigenvalue weighted by atomic mass is 10.1. The molecule has 0 amide bonds. The number of nitrogens with zero attached hydrogens (tertiary/aromatic N) is 2. The zero-order valence-electron chi connectivity index (χ0n) is 13.3. The molecule has 0 atom stereocenters. The number of hydrogen-bond acceptors (Lipinski definition) is 4. The van der Waals surface area contributed by atoms with E-state index in [-0.39, 0.29) is 6.54 Å². The predicted molar refractivity (Wildman–Crippen MR) is 86.6 cm³/mol. The minimum Gasteiger partial charge on any atom is -0.377 e. The van der Waals surface area contributed by atoms with Crippen LogP contribution in [0.5, 0.6) is 0 Å². The fraction of sp³-hybridized carbons (Fsp3) is 0.600. The zero-order valence-corrected chi connectivity index (χ0v) is 14.1. The van der Waals surface area contributed by atoms with Crippen LogP contribution in [0.15, 0.2) is 24.3 Å². The third kappa shape index (κ3) is 4.76. The molecule has 1 heterocycles. The summed E-state index contributed by atoms with van der Waals surface area (Å²) in [4.78, 5) is 2.13. The first-order valence-corrected chi connectivity index (χ1v) is 9.04. The van der Waals surface area contributed by atoms with Gasteiger partial charge in [-0.2, -0.15) is 17.4 Å². The Morgan fingerprint density at radius 2 is 1.77 bits per heavy atom. The van der Waals surface area contributed by atoms with Gasteiger partial charge in [0.05, 0.1) is 6.61 Å². The van der Waals surface area contributed by atoms with E-state index in [4.69, 9.17) is 4.74 Å². The molecule has 1 saturated heterocycles. The smallest absolute Gasteiger partial charge is 0.279 e. The molecule has 0 saturated carbocycles. The molecule has 1 aliphatic rings. The lowest BCUT2D eigenvalue weighted by Crippen LogP contribution is -2.50. The molecule has 0 radical (unpaired) electrons. The molecule has 2 rings (SSSR count).